The summed E-state index contributed by atoms with van der Waals surface area (Å²) in [5.41, 5.74) is 0.118. The smallest absolute Gasteiger partial charge is 0.330 e. The summed E-state index contributed by atoms with van der Waals surface area (Å²) >= 11 is 0. The van der Waals surface area contributed by atoms with Crippen LogP contribution in [0.2, 0.25) is 0 Å². The number of anilines is 1. The van der Waals surface area contributed by atoms with Crippen LogP contribution in [0.5, 0.6) is 5.75 Å². The first-order valence-electron chi connectivity index (χ1n) is 8.82. The minimum atomic E-state index is -4.23. The number of aliphatic hydroxyl groups excluding tert-OH is 2. The highest BCUT2D eigenvalue weighted by molar-refractivity contribution is 7.91. The Morgan fingerprint density at radius 2 is 1.93 bits per heavy atom. The number of nitrogens with one attached hydrogen (secondary N) is 1. The maximum Gasteiger partial charge on any atom is 0.330 e. The normalized spacial score (nSPS) is 16.3. The molecule has 3 rings (SSSR count). The van der Waals surface area contributed by atoms with Gasteiger partial charge in [-0.3, -0.25) is 0 Å². The molecule has 1 aliphatic heterocycles. The maximum atomic E-state index is 15.2. The van der Waals surface area contributed by atoms with Gasteiger partial charge in [0.1, 0.15) is 11.4 Å². The van der Waals surface area contributed by atoms with E-state index in [1.54, 1.807) is 12.1 Å². The van der Waals surface area contributed by atoms with E-state index in [2.05, 4.69) is 0 Å². The van der Waals surface area contributed by atoms with Crippen LogP contribution in [0.15, 0.2) is 36.3 Å². The van der Waals surface area contributed by atoms with Crippen LogP contribution < -0.4 is 9.03 Å². The minimum absolute atomic E-state index is 0.0840. The third-order valence-corrected chi connectivity index (χ3v) is 6.07. The Hall–Kier alpha value is -2.52. The van der Waals surface area contributed by atoms with Gasteiger partial charge in [-0.2, -0.15) is 8.42 Å². The second-order valence-corrected chi connectivity index (χ2v) is 9.25. The predicted molar refractivity (Wildman–Crippen MR) is 105 cm³/mol. The van der Waals surface area contributed by atoms with Gasteiger partial charge in [0.25, 0.3) is 0 Å². The lowest BCUT2D eigenvalue weighted by Gasteiger charge is -2.21. The molecule has 1 aliphatic rings. The van der Waals surface area contributed by atoms with Gasteiger partial charge in [-0.25, -0.2) is 13.4 Å². The molecular formula is C19H23FN2O5S. The van der Waals surface area contributed by atoms with E-state index in [1.165, 1.54) is 6.07 Å². The van der Waals surface area contributed by atoms with E-state index in [0.29, 0.717) is 16.1 Å². The molecule has 0 saturated heterocycles. The molecule has 0 fully saturated rings. The fourth-order valence-electron chi connectivity index (χ4n) is 3.16. The predicted octanol–water partition coefficient (Wildman–Crippen LogP) is 3.04. The zero-order valence-electron chi connectivity index (χ0n) is 15.6. The second-order valence-electron chi connectivity index (χ2n) is 7.71. The lowest BCUT2D eigenvalue weighted by molar-refractivity contribution is 0.148. The van der Waals surface area contributed by atoms with Crippen LogP contribution in [0, 0.1) is 11.2 Å². The second kappa shape index (κ2) is 7.14. The van der Waals surface area contributed by atoms with Crippen LogP contribution in [-0.4, -0.2) is 30.3 Å². The van der Waals surface area contributed by atoms with Crippen molar-refractivity contribution in [2.24, 2.45) is 5.41 Å². The van der Waals surface area contributed by atoms with E-state index in [1.807, 2.05) is 24.6 Å². The highest BCUT2D eigenvalue weighted by Crippen LogP contribution is 2.39. The lowest BCUT2D eigenvalue weighted by Crippen LogP contribution is -2.30. The monoisotopic (exact) mass is 410 g/mol. The number of halogens is 1. The summed E-state index contributed by atoms with van der Waals surface area (Å²) in [5.74, 6) is -2.12. The SMILES string of the molecule is CC(C)(CO)CCCc1ccc2cc(O)c(N3C=C(O)NS3(=O)=O)c(F)c2c1. The number of hydrogen-bond donors (Lipinski definition) is 4. The molecule has 28 heavy (non-hydrogen) atoms. The van der Waals surface area contributed by atoms with E-state index in [-0.39, 0.29) is 17.4 Å². The number of aryl methyl sites for hydroxylation is 1. The van der Waals surface area contributed by atoms with E-state index in [0.717, 1.165) is 24.6 Å². The van der Waals surface area contributed by atoms with Gasteiger partial charge >= 0.3 is 10.2 Å². The van der Waals surface area contributed by atoms with Crippen molar-refractivity contribution in [3.05, 3.63) is 47.7 Å². The first-order chi connectivity index (χ1) is 13.0. The first kappa shape index (κ1) is 20.2. The average Bonchev–Trinajstić information content (AvgIpc) is 2.87. The van der Waals surface area contributed by atoms with Gasteiger partial charge in [0.05, 0.1) is 6.20 Å². The van der Waals surface area contributed by atoms with Crippen LogP contribution >= 0.6 is 0 Å². The van der Waals surface area contributed by atoms with E-state index in [4.69, 9.17) is 0 Å². The zero-order valence-corrected chi connectivity index (χ0v) is 16.4. The van der Waals surface area contributed by atoms with Crippen molar-refractivity contribution in [1.82, 2.24) is 4.72 Å². The van der Waals surface area contributed by atoms with Gasteiger partial charge in [-0.15, -0.1) is 0 Å². The quantitative estimate of drug-likeness (QED) is 0.585. The van der Waals surface area contributed by atoms with E-state index in [9.17, 15) is 23.7 Å². The number of nitrogens with zero attached hydrogens (tertiary/aromatic N) is 1. The van der Waals surface area contributed by atoms with E-state index < -0.39 is 33.3 Å². The van der Waals surface area contributed by atoms with Crippen LogP contribution in [0.3, 0.4) is 0 Å². The maximum absolute atomic E-state index is 15.2. The molecule has 0 saturated carbocycles. The molecule has 0 atom stereocenters. The number of aliphatic hydroxyl groups is 2. The fourth-order valence-corrected chi connectivity index (χ4v) is 4.23. The standard InChI is InChI=1S/C19H23FN2O5S/c1-19(2,11-23)7-3-4-12-5-6-13-9-15(24)18(17(20)14(13)8-12)22-10-16(25)21-28(22,26)27/h5-6,8-10,21,23-25H,3-4,7,11H2,1-2H3. The Bertz CT molecular complexity index is 1050. The zero-order chi connectivity index (χ0) is 20.7. The molecule has 7 nitrogen and oxygen atoms in total. The molecule has 2 aromatic carbocycles. The Morgan fingerprint density at radius 3 is 2.54 bits per heavy atom. The number of hydrogen-bond acceptors (Lipinski definition) is 5. The third-order valence-electron chi connectivity index (χ3n) is 4.80. The average molecular weight is 410 g/mol. The number of phenols is 1. The number of benzene rings is 2. The number of aromatic hydroxyl groups is 1. The van der Waals surface area contributed by atoms with Crippen LogP contribution in [-0.2, 0) is 16.6 Å². The molecule has 0 aromatic heterocycles. The molecular weight excluding hydrogens is 387 g/mol. The van der Waals surface area contributed by atoms with Gasteiger partial charge in [-0.1, -0.05) is 26.0 Å². The van der Waals surface area contributed by atoms with Crippen molar-refractivity contribution in [1.29, 1.82) is 0 Å². The van der Waals surface area contributed by atoms with Crippen molar-refractivity contribution < 1.29 is 28.1 Å². The molecule has 0 amide bonds. The summed E-state index contributed by atoms with van der Waals surface area (Å²) in [4.78, 5) is 0. The van der Waals surface area contributed by atoms with Crippen LogP contribution in [0.1, 0.15) is 32.3 Å². The summed E-state index contributed by atoms with van der Waals surface area (Å²) in [6, 6.07) is 6.40. The molecule has 0 bridgehead atoms. The number of phenolic OH excluding ortho intramolecular Hbond substituents is 1. The Balaban J connectivity index is 1.97. The molecule has 4 N–H and O–H groups in total. The summed E-state index contributed by atoms with van der Waals surface area (Å²) in [7, 11) is -4.23. The summed E-state index contributed by atoms with van der Waals surface area (Å²) < 4.78 is 41.6. The highest BCUT2D eigenvalue weighted by Gasteiger charge is 2.33. The summed E-state index contributed by atoms with van der Waals surface area (Å²) in [6.07, 6.45) is 3.05. The topological polar surface area (TPSA) is 110 Å². The number of fused-ring (bicyclic) bond motifs is 1. The van der Waals surface area contributed by atoms with Crippen LogP contribution in [0.4, 0.5) is 10.1 Å². The molecule has 9 heteroatoms. The van der Waals surface area contributed by atoms with Crippen LogP contribution in [0.25, 0.3) is 10.8 Å². The van der Waals surface area contributed by atoms with Gasteiger partial charge in [0.2, 0.25) is 5.88 Å². The Labute approximate surface area is 162 Å². The van der Waals surface area contributed by atoms with Crippen molar-refractivity contribution in [2.75, 3.05) is 10.9 Å². The summed E-state index contributed by atoms with van der Waals surface area (Å²) in [5, 5.41) is 29.5. The Morgan fingerprint density at radius 1 is 1.21 bits per heavy atom. The van der Waals surface area contributed by atoms with Gasteiger partial charge in [0.15, 0.2) is 5.82 Å². The lowest BCUT2D eigenvalue weighted by atomic mass is 9.87. The molecule has 2 aromatic rings. The molecule has 1 heterocycles. The molecule has 0 aliphatic carbocycles. The molecule has 0 unspecified atom stereocenters. The van der Waals surface area contributed by atoms with E-state index >= 15 is 4.39 Å². The number of rotatable bonds is 6. The minimum Gasteiger partial charge on any atom is -0.506 e. The highest BCUT2D eigenvalue weighted by atomic mass is 32.2. The molecule has 0 spiro atoms. The molecule has 0 radical (unpaired) electrons. The van der Waals surface area contributed by atoms with Crippen molar-refractivity contribution in [2.45, 2.75) is 33.1 Å². The molecule has 152 valence electrons. The first-order valence-corrected chi connectivity index (χ1v) is 10.3. The van der Waals surface area contributed by atoms with Crippen molar-refractivity contribution >= 4 is 26.7 Å². The van der Waals surface area contributed by atoms with Gasteiger partial charge < -0.3 is 15.3 Å². The van der Waals surface area contributed by atoms with Gasteiger partial charge in [0, 0.05) is 12.0 Å². The Kier molecular flexibility index (Phi) is 5.16. The van der Waals surface area contributed by atoms with Crippen molar-refractivity contribution in [3.8, 4) is 5.75 Å². The van der Waals surface area contributed by atoms with Gasteiger partial charge in [-0.05, 0) is 47.8 Å². The fraction of sp³-hybridized carbons (Fsp3) is 0.368. The van der Waals surface area contributed by atoms with Crippen molar-refractivity contribution in [3.63, 3.8) is 0 Å². The summed E-state index contributed by atoms with van der Waals surface area (Å²) in [6.45, 7) is 4.02. The largest absolute Gasteiger partial charge is 0.506 e. The third kappa shape index (κ3) is 3.85.